The number of rotatable bonds is 9. The Bertz CT molecular complexity index is 1600. The summed E-state index contributed by atoms with van der Waals surface area (Å²) in [6.45, 7) is 7.39. The second-order valence-electron chi connectivity index (χ2n) is 9.91. The number of nitrogens with zero attached hydrogens (tertiary/aromatic N) is 1. The van der Waals surface area contributed by atoms with E-state index in [9.17, 15) is 9.59 Å². The maximum absolute atomic E-state index is 13.9. The molecule has 0 spiro atoms. The van der Waals surface area contributed by atoms with Crippen molar-refractivity contribution in [3.8, 4) is 11.5 Å². The van der Waals surface area contributed by atoms with E-state index in [2.05, 4.69) is 29.8 Å². The van der Waals surface area contributed by atoms with Crippen LogP contribution < -0.4 is 14.9 Å². The van der Waals surface area contributed by atoms with Gasteiger partial charge < -0.3 is 18.8 Å². The molecule has 0 saturated heterocycles. The Hall–Kier alpha value is -3.29. The van der Waals surface area contributed by atoms with E-state index < -0.39 is 6.04 Å². The Balaban J connectivity index is 1.65. The van der Waals surface area contributed by atoms with Crippen molar-refractivity contribution in [1.29, 1.82) is 0 Å². The van der Waals surface area contributed by atoms with Gasteiger partial charge in [0.05, 0.1) is 30.2 Å². The fourth-order valence-electron chi connectivity index (χ4n) is 4.80. The lowest BCUT2D eigenvalue weighted by molar-refractivity contribution is 0.0714. The standard InChI is InChI=1S/C31H29BrClNO5/c1-4-37-26-15-19(9-11-25(26)38-14-13-18(2)3)28-27-29(35)22-16-21(32)10-12-24(22)39-30(27)31(36)34(28)17-20-7-5-6-8-23(20)33/h5-12,15-16,18,28H,4,13-14,17H2,1-3H3. The van der Waals surface area contributed by atoms with Crippen LogP contribution >= 0.6 is 27.5 Å². The van der Waals surface area contributed by atoms with Crippen LogP contribution in [0.2, 0.25) is 5.02 Å². The van der Waals surface area contributed by atoms with Gasteiger partial charge in [-0.15, -0.1) is 0 Å². The molecule has 0 N–H and O–H groups in total. The maximum Gasteiger partial charge on any atom is 0.291 e. The van der Waals surface area contributed by atoms with E-state index in [4.69, 9.17) is 25.5 Å². The van der Waals surface area contributed by atoms with Crippen molar-refractivity contribution >= 4 is 44.4 Å². The van der Waals surface area contributed by atoms with E-state index in [1.807, 2.05) is 43.3 Å². The monoisotopic (exact) mass is 609 g/mol. The quantitative estimate of drug-likeness (QED) is 0.194. The fraction of sp³-hybridized carbons (Fsp3) is 0.290. The molecule has 1 aliphatic heterocycles. The highest BCUT2D eigenvalue weighted by atomic mass is 79.9. The summed E-state index contributed by atoms with van der Waals surface area (Å²) in [6, 6.07) is 17.4. The Morgan fingerprint density at radius 3 is 2.56 bits per heavy atom. The molecule has 8 heteroatoms. The molecule has 2 heterocycles. The van der Waals surface area contributed by atoms with Crippen LogP contribution in [0.5, 0.6) is 11.5 Å². The molecule has 0 saturated carbocycles. The van der Waals surface area contributed by atoms with E-state index in [0.717, 1.165) is 22.0 Å². The van der Waals surface area contributed by atoms with Crippen LogP contribution in [0.25, 0.3) is 11.0 Å². The molecule has 1 aliphatic rings. The minimum Gasteiger partial charge on any atom is -0.490 e. The third-order valence-electron chi connectivity index (χ3n) is 6.76. The average molecular weight is 611 g/mol. The predicted octanol–water partition coefficient (Wildman–Crippen LogP) is 7.78. The summed E-state index contributed by atoms with van der Waals surface area (Å²) in [6.07, 6.45) is 0.910. The lowest BCUT2D eigenvalue weighted by Gasteiger charge is -2.26. The van der Waals surface area contributed by atoms with Gasteiger partial charge in [-0.25, -0.2) is 0 Å². The van der Waals surface area contributed by atoms with Gasteiger partial charge >= 0.3 is 0 Å². The molecule has 1 amide bonds. The Labute approximate surface area is 240 Å². The summed E-state index contributed by atoms with van der Waals surface area (Å²) in [7, 11) is 0. The Kier molecular flexibility index (Phi) is 8.01. The Morgan fingerprint density at radius 1 is 1.03 bits per heavy atom. The topological polar surface area (TPSA) is 69.0 Å². The molecule has 1 aromatic heterocycles. The number of fused-ring (bicyclic) bond motifs is 2. The van der Waals surface area contributed by atoms with E-state index in [1.165, 1.54) is 0 Å². The van der Waals surface area contributed by atoms with Crippen molar-refractivity contribution in [3.05, 3.63) is 103 Å². The normalized spacial score (nSPS) is 14.8. The molecule has 1 unspecified atom stereocenters. The largest absolute Gasteiger partial charge is 0.490 e. The van der Waals surface area contributed by atoms with Gasteiger partial charge in [0.15, 0.2) is 16.9 Å². The van der Waals surface area contributed by atoms with E-state index in [0.29, 0.717) is 52.2 Å². The molecule has 6 nitrogen and oxygen atoms in total. The van der Waals surface area contributed by atoms with Crippen LogP contribution in [0.15, 0.2) is 74.3 Å². The van der Waals surface area contributed by atoms with Crippen LogP contribution in [-0.4, -0.2) is 24.0 Å². The number of benzene rings is 3. The van der Waals surface area contributed by atoms with E-state index in [-0.39, 0.29) is 23.6 Å². The number of halogens is 2. The smallest absolute Gasteiger partial charge is 0.291 e. The highest BCUT2D eigenvalue weighted by Crippen LogP contribution is 2.42. The summed E-state index contributed by atoms with van der Waals surface area (Å²) in [5, 5.41) is 0.941. The Morgan fingerprint density at radius 2 is 1.82 bits per heavy atom. The minimum absolute atomic E-state index is 0.0436. The highest BCUT2D eigenvalue weighted by Gasteiger charge is 2.43. The third kappa shape index (κ3) is 5.43. The van der Waals surface area contributed by atoms with Crippen molar-refractivity contribution in [2.45, 2.75) is 39.8 Å². The van der Waals surface area contributed by atoms with Gasteiger partial charge in [0, 0.05) is 16.0 Å². The number of ether oxygens (including phenoxy) is 2. The number of hydrogen-bond donors (Lipinski definition) is 0. The molecular weight excluding hydrogens is 582 g/mol. The molecule has 202 valence electrons. The van der Waals surface area contributed by atoms with Gasteiger partial charge in [0.25, 0.3) is 5.91 Å². The lowest BCUT2D eigenvalue weighted by Crippen LogP contribution is -2.29. The molecule has 39 heavy (non-hydrogen) atoms. The zero-order valence-corrected chi connectivity index (χ0v) is 24.3. The van der Waals surface area contributed by atoms with Gasteiger partial charge in [-0.3, -0.25) is 9.59 Å². The lowest BCUT2D eigenvalue weighted by atomic mass is 9.97. The minimum atomic E-state index is -0.702. The van der Waals surface area contributed by atoms with E-state index in [1.54, 1.807) is 29.2 Å². The molecule has 0 fully saturated rings. The van der Waals surface area contributed by atoms with Crippen LogP contribution in [-0.2, 0) is 6.54 Å². The first-order valence-electron chi connectivity index (χ1n) is 13.0. The summed E-state index contributed by atoms with van der Waals surface area (Å²) >= 11 is 9.93. The average Bonchev–Trinajstić information content (AvgIpc) is 3.18. The zero-order valence-electron chi connectivity index (χ0n) is 22.0. The molecule has 3 aromatic carbocycles. The highest BCUT2D eigenvalue weighted by molar-refractivity contribution is 9.10. The maximum atomic E-state index is 13.9. The van der Waals surface area contributed by atoms with Crippen molar-refractivity contribution < 1.29 is 18.7 Å². The van der Waals surface area contributed by atoms with Crippen LogP contribution in [0.3, 0.4) is 0 Å². The number of hydrogen-bond acceptors (Lipinski definition) is 5. The SMILES string of the molecule is CCOc1cc(C2c3c(oc4ccc(Br)cc4c3=O)C(=O)N2Cc2ccccc2Cl)ccc1OCCC(C)C. The van der Waals surface area contributed by atoms with Crippen LogP contribution in [0.1, 0.15) is 60.5 Å². The first kappa shape index (κ1) is 27.3. The van der Waals surface area contributed by atoms with Gasteiger partial charge in [0.2, 0.25) is 5.76 Å². The summed E-state index contributed by atoms with van der Waals surface area (Å²) < 4.78 is 18.8. The zero-order chi connectivity index (χ0) is 27.7. The van der Waals surface area contributed by atoms with Gasteiger partial charge in [0.1, 0.15) is 5.58 Å². The molecule has 0 radical (unpaired) electrons. The fourth-order valence-corrected chi connectivity index (χ4v) is 5.36. The van der Waals surface area contributed by atoms with Crippen molar-refractivity contribution in [3.63, 3.8) is 0 Å². The summed E-state index contributed by atoms with van der Waals surface area (Å²) in [4.78, 5) is 29.4. The van der Waals surface area contributed by atoms with Gasteiger partial charge in [-0.1, -0.05) is 65.6 Å². The molecule has 1 atom stereocenters. The molecule has 4 aromatic rings. The third-order valence-corrected chi connectivity index (χ3v) is 7.62. The summed E-state index contributed by atoms with van der Waals surface area (Å²) in [5.41, 5.74) is 1.90. The molecule has 5 rings (SSSR count). The second kappa shape index (κ2) is 11.4. The molecule has 0 bridgehead atoms. The first-order chi connectivity index (χ1) is 18.8. The molecule has 0 aliphatic carbocycles. The van der Waals surface area contributed by atoms with Gasteiger partial charge in [-0.2, -0.15) is 0 Å². The number of amides is 1. The summed E-state index contributed by atoms with van der Waals surface area (Å²) in [5.74, 6) is 1.37. The van der Waals surface area contributed by atoms with Crippen LogP contribution in [0, 0.1) is 5.92 Å². The van der Waals surface area contributed by atoms with Gasteiger partial charge in [-0.05, 0) is 66.8 Å². The van der Waals surface area contributed by atoms with Crippen molar-refractivity contribution in [2.24, 2.45) is 5.92 Å². The number of carbonyl (C=O) groups is 1. The predicted molar refractivity (Wildman–Crippen MR) is 156 cm³/mol. The van der Waals surface area contributed by atoms with Crippen molar-refractivity contribution in [1.82, 2.24) is 4.90 Å². The number of carbonyl (C=O) groups excluding carboxylic acids is 1. The molecular formula is C31H29BrClNO5. The first-order valence-corrected chi connectivity index (χ1v) is 14.2. The second-order valence-corrected chi connectivity index (χ2v) is 11.2. The van der Waals surface area contributed by atoms with E-state index >= 15 is 0 Å². The van der Waals surface area contributed by atoms with Crippen LogP contribution in [0.4, 0.5) is 0 Å². The van der Waals surface area contributed by atoms with Crippen molar-refractivity contribution in [2.75, 3.05) is 13.2 Å².